The molecule has 2 aromatic heterocycles. The molecule has 1 aliphatic heterocycles. The lowest BCUT2D eigenvalue weighted by molar-refractivity contribution is -0.124. The minimum Gasteiger partial charge on any atom is -0.368 e. The van der Waals surface area contributed by atoms with Crippen molar-refractivity contribution < 1.29 is 9.53 Å². The van der Waals surface area contributed by atoms with Gasteiger partial charge in [0.2, 0.25) is 0 Å². The van der Waals surface area contributed by atoms with Crippen LogP contribution in [0.4, 0.5) is 11.5 Å². The van der Waals surface area contributed by atoms with Gasteiger partial charge in [-0.1, -0.05) is 12.1 Å². The number of amides is 1. The summed E-state index contributed by atoms with van der Waals surface area (Å²) < 4.78 is 7.13. The van der Waals surface area contributed by atoms with Gasteiger partial charge < -0.3 is 15.4 Å². The third kappa shape index (κ3) is 3.36. The molecule has 134 valence electrons. The minimum atomic E-state index is -0.336. The maximum atomic E-state index is 12.2. The first-order valence-corrected chi connectivity index (χ1v) is 8.59. The van der Waals surface area contributed by atoms with Crippen LogP contribution < -0.4 is 10.6 Å². The van der Waals surface area contributed by atoms with Crippen LogP contribution in [-0.2, 0) is 23.1 Å². The number of nitrogens with zero attached hydrogens (tertiary/aromatic N) is 4. The molecule has 1 atom stereocenters. The highest BCUT2D eigenvalue weighted by Crippen LogP contribution is 2.20. The van der Waals surface area contributed by atoms with Crippen LogP contribution in [-0.4, -0.2) is 38.4 Å². The third-order valence-electron chi connectivity index (χ3n) is 4.41. The molecule has 4 rings (SSSR count). The van der Waals surface area contributed by atoms with Crippen LogP contribution >= 0.6 is 0 Å². The molecular formula is C18H20N6O2. The second-order valence-electron chi connectivity index (χ2n) is 6.27. The summed E-state index contributed by atoms with van der Waals surface area (Å²) >= 11 is 0. The average Bonchev–Trinajstić information content (AvgIpc) is 3.31. The fourth-order valence-electron chi connectivity index (χ4n) is 3.05. The third-order valence-corrected chi connectivity index (χ3v) is 4.41. The van der Waals surface area contributed by atoms with Crippen molar-refractivity contribution >= 4 is 28.4 Å². The monoisotopic (exact) mass is 352 g/mol. The Morgan fingerprint density at radius 1 is 1.38 bits per heavy atom. The first-order valence-electron chi connectivity index (χ1n) is 8.59. The van der Waals surface area contributed by atoms with Crippen LogP contribution in [0.2, 0.25) is 0 Å². The Kier molecular flexibility index (Phi) is 4.49. The van der Waals surface area contributed by atoms with Gasteiger partial charge in [-0.3, -0.25) is 9.48 Å². The molecular weight excluding hydrogens is 332 g/mol. The van der Waals surface area contributed by atoms with E-state index in [1.54, 1.807) is 10.9 Å². The predicted molar refractivity (Wildman–Crippen MR) is 97.7 cm³/mol. The lowest BCUT2D eigenvalue weighted by atomic mass is 10.2. The van der Waals surface area contributed by atoms with Crippen molar-refractivity contribution in [2.45, 2.75) is 25.5 Å². The molecule has 3 aromatic rings. The number of carbonyl (C=O) groups is 1. The van der Waals surface area contributed by atoms with Crippen LogP contribution in [0.3, 0.4) is 0 Å². The molecule has 1 saturated heterocycles. The number of hydrogen-bond donors (Lipinski definition) is 2. The highest BCUT2D eigenvalue weighted by atomic mass is 16.5. The van der Waals surface area contributed by atoms with Gasteiger partial charge in [0.15, 0.2) is 5.65 Å². The Bertz CT molecular complexity index is 932. The smallest absolute Gasteiger partial charge is 0.253 e. The fourth-order valence-corrected chi connectivity index (χ4v) is 3.05. The molecule has 1 fully saturated rings. The summed E-state index contributed by atoms with van der Waals surface area (Å²) in [6.07, 6.45) is 4.64. The standard InChI is InChI=1S/C18H20N6O2/c1-24-17-14(10-22-24)16(20-11-21-17)19-9-12-4-2-5-13(8-12)23-18(25)15-6-3-7-26-15/h2,4-5,8,10-11,15H,3,6-7,9H2,1H3,(H,23,25)(H,19,20,21). The second-order valence-corrected chi connectivity index (χ2v) is 6.27. The molecule has 0 bridgehead atoms. The van der Waals surface area contributed by atoms with Crippen molar-refractivity contribution in [2.24, 2.45) is 7.05 Å². The first kappa shape index (κ1) is 16.5. The van der Waals surface area contributed by atoms with Gasteiger partial charge in [-0.15, -0.1) is 0 Å². The Morgan fingerprint density at radius 2 is 2.31 bits per heavy atom. The molecule has 26 heavy (non-hydrogen) atoms. The fraction of sp³-hybridized carbons (Fsp3) is 0.333. The molecule has 0 aliphatic carbocycles. The largest absolute Gasteiger partial charge is 0.368 e. The van der Waals surface area contributed by atoms with Crippen LogP contribution in [0, 0.1) is 0 Å². The van der Waals surface area contributed by atoms with E-state index in [0.717, 1.165) is 40.9 Å². The van der Waals surface area contributed by atoms with Gasteiger partial charge >= 0.3 is 0 Å². The molecule has 2 N–H and O–H groups in total. The van der Waals surface area contributed by atoms with Crippen molar-refractivity contribution in [2.75, 3.05) is 17.2 Å². The van der Waals surface area contributed by atoms with Gasteiger partial charge in [0.25, 0.3) is 5.91 Å². The van der Waals surface area contributed by atoms with Crippen LogP contribution in [0.1, 0.15) is 18.4 Å². The summed E-state index contributed by atoms with van der Waals surface area (Å²) in [5.41, 5.74) is 2.57. The highest BCUT2D eigenvalue weighted by Gasteiger charge is 2.23. The van der Waals surface area contributed by atoms with Crippen molar-refractivity contribution in [1.29, 1.82) is 0 Å². The quantitative estimate of drug-likeness (QED) is 0.730. The van der Waals surface area contributed by atoms with E-state index >= 15 is 0 Å². The molecule has 1 aliphatic rings. The number of anilines is 2. The molecule has 1 unspecified atom stereocenters. The van der Waals surface area contributed by atoms with Crippen LogP contribution in [0.25, 0.3) is 11.0 Å². The molecule has 0 saturated carbocycles. The van der Waals surface area contributed by atoms with E-state index in [2.05, 4.69) is 25.7 Å². The van der Waals surface area contributed by atoms with Crippen LogP contribution in [0.15, 0.2) is 36.8 Å². The van der Waals surface area contributed by atoms with Crippen molar-refractivity contribution in [1.82, 2.24) is 19.7 Å². The predicted octanol–water partition coefficient (Wildman–Crippen LogP) is 2.09. The number of aromatic nitrogens is 4. The molecule has 0 spiro atoms. The zero-order valence-electron chi connectivity index (χ0n) is 14.5. The molecule has 8 nitrogen and oxygen atoms in total. The van der Waals surface area contributed by atoms with Crippen molar-refractivity contribution in [3.8, 4) is 0 Å². The SMILES string of the molecule is Cn1ncc2c(NCc3cccc(NC(=O)C4CCCO4)c3)ncnc21. The van der Waals surface area contributed by atoms with E-state index in [4.69, 9.17) is 4.74 Å². The summed E-state index contributed by atoms with van der Waals surface area (Å²) in [7, 11) is 1.85. The van der Waals surface area contributed by atoms with E-state index in [-0.39, 0.29) is 12.0 Å². The minimum absolute atomic E-state index is 0.0829. The van der Waals surface area contributed by atoms with E-state index in [1.165, 1.54) is 6.33 Å². The number of ether oxygens (including phenoxy) is 1. The molecule has 0 radical (unpaired) electrons. The van der Waals surface area contributed by atoms with E-state index in [1.807, 2.05) is 31.3 Å². The molecule has 3 heterocycles. The lowest BCUT2D eigenvalue weighted by Gasteiger charge is -2.12. The Labute approximate surface area is 150 Å². The summed E-state index contributed by atoms with van der Waals surface area (Å²) in [6, 6.07) is 7.74. The van der Waals surface area contributed by atoms with Gasteiger partial charge in [-0.2, -0.15) is 5.10 Å². The maximum absolute atomic E-state index is 12.2. The normalized spacial score (nSPS) is 16.7. The zero-order valence-corrected chi connectivity index (χ0v) is 14.5. The number of benzene rings is 1. The lowest BCUT2D eigenvalue weighted by Crippen LogP contribution is -2.26. The Morgan fingerprint density at radius 3 is 3.15 bits per heavy atom. The van der Waals surface area contributed by atoms with Crippen molar-refractivity contribution in [3.05, 3.63) is 42.4 Å². The first-order chi connectivity index (χ1) is 12.7. The summed E-state index contributed by atoms with van der Waals surface area (Å²) in [5.74, 6) is 0.650. The van der Waals surface area contributed by atoms with Gasteiger partial charge in [0.05, 0.1) is 11.6 Å². The Hall–Kier alpha value is -3.00. The van der Waals surface area contributed by atoms with E-state index < -0.39 is 0 Å². The number of hydrogen-bond acceptors (Lipinski definition) is 6. The maximum Gasteiger partial charge on any atom is 0.253 e. The summed E-state index contributed by atoms with van der Waals surface area (Å²) in [4.78, 5) is 20.7. The Balaban J connectivity index is 1.44. The van der Waals surface area contributed by atoms with E-state index in [0.29, 0.717) is 13.2 Å². The number of fused-ring (bicyclic) bond motifs is 1. The molecule has 1 amide bonds. The van der Waals surface area contributed by atoms with Gasteiger partial charge in [-0.25, -0.2) is 9.97 Å². The van der Waals surface area contributed by atoms with Gasteiger partial charge in [0.1, 0.15) is 18.2 Å². The summed E-state index contributed by atoms with van der Waals surface area (Å²) in [5, 5.41) is 11.3. The number of nitrogens with one attached hydrogen (secondary N) is 2. The summed E-state index contributed by atoms with van der Waals surface area (Å²) in [6.45, 7) is 1.23. The van der Waals surface area contributed by atoms with Crippen LogP contribution in [0.5, 0.6) is 0 Å². The molecule has 1 aromatic carbocycles. The number of aryl methyl sites for hydroxylation is 1. The van der Waals surface area contributed by atoms with Gasteiger partial charge in [0, 0.05) is 25.9 Å². The zero-order chi connectivity index (χ0) is 17.9. The highest BCUT2D eigenvalue weighted by molar-refractivity contribution is 5.94. The van der Waals surface area contributed by atoms with Crippen molar-refractivity contribution in [3.63, 3.8) is 0 Å². The number of carbonyl (C=O) groups excluding carboxylic acids is 1. The van der Waals surface area contributed by atoms with Gasteiger partial charge in [-0.05, 0) is 30.5 Å². The number of rotatable bonds is 5. The average molecular weight is 352 g/mol. The second kappa shape index (κ2) is 7.09. The topological polar surface area (TPSA) is 94.0 Å². The van der Waals surface area contributed by atoms with E-state index in [9.17, 15) is 4.79 Å². The molecule has 8 heteroatoms.